The number of benzene rings is 1. The van der Waals surface area contributed by atoms with E-state index in [-0.39, 0.29) is 23.2 Å². The highest BCUT2D eigenvalue weighted by Gasteiger charge is 2.17. The molecule has 9 heteroatoms. The number of anilines is 2. The van der Waals surface area contributed by atoms with E-state index in [4.69, 9.17) is 26.8 Å². The lowest BCUT2D eigenvalue weighted by atomic mass is 10.1. The molecule has 142 valence electrons. The van der Waals surface area contributed by atoms with Crippen molar-refractivity contribution < 1.29 is 14.3 Å². The van der Waals surface area contributed by atoms with Gasteiger partial charge in [-0.25, -0.2) is 14.8 Å². The first-order chi connectivity index (χ1) is 13.0. The normalized spacial score (nSPS) is 11.5. The summed E-state index contributed by atoms with van der Waals surface area (Å²) in [6, 6.07) is 6.84. The van der Waals surface area contributed by atoms with Crippen molar-refractivity contribution in [1.82, 2.24) is 4.98 Å². The fourth-order valence-corrected chi connectivity index (χ4v) is 2.45. The number of aliphatic imine (C=N–C) groups is 2. The molecule has 0 saturated heterocycles. The summed E-state index contributed by atoms with van der Waals surface area (Å²) in [5.74, 6) is 0.171. The molecule has 0 saturated carbocycles. The molecule has 1 heterocycles. The third-order valence-corrected chi connectivity index (χ3v) is 3.65. The maximum absolute atomic E-state index is 12.2. The molecule has 0 aliphatic heterocycles. The van der Waals surface area contributed by atoms with Crippen LogP contribution in [0.5, 0.6) is 5.75 Å². The van der Waals surface area contributed by atoms with Gasteiger partial charge in [-0.2, -0.15) is 0 Å². The molecular weight excluding hydrogens is 370 g/mol. The van der Waals surface area contributed by atoms with Crippen LogP contribution < -0.4 is 15.8 Å². The summed E-state index contributed by atoms with van der Waals surface area (Å²) < 4.78 is 10.6. The Hall–Kier alpha value is -3.13. The summed E-state index contributed by atoms with van der Waals surface area (Å²) in [4.78, 5) is 24.0. The first-order valence-corrected chi connectivity index (χ1v) is 8.40. The summed E-state index contributed by atoms with van der Waals surface area (Å²) in [5.41, 5.74) is 7.81. The van der Waals surface area contributed by atoms with E-state index in [9.17, 15) is 4.79 Å². The average Bonchev–Trinajstić information content (AvgIpc) is 2.66. The van der Waals surface area contributed by atoms with Gasteiger partial charge in [0.15, 0.2) is 5.75 Å². The van der Waals surface area contributed by atoms with Gasteiger partial charge in [-0.1, -0.05) is 17.7 Å². The number of hydrogen-bond acceptors (Lipinski definition) is 6. The second-order valence-electron chi connectivity index (χ2n) is 5.17. The van der Waals surface area contributed by atoms with Gasteiger partial charge in [0.2, 0.25) is 0 Å². The van der Waals surface area contributed by atoms with E-state index >= 15 is 0 Å². The Morgan fingerprint density at radius 3 is 2.81 bits per heavy atom. The van der Waals surface area contributed by atoms with E-state index in [0.717, 1.165) is 0 Å². The molecule has 0 radical (unpaired) electrons. The topological polar surface area (TPSA) is 111 Å². The Kier molecular flexibility index (Phi) is 7.13. The Morgan fingerprint density at radius 2 is 2.15 bits per heavy atom. The van der Waals surface area contributed by atoms with Crippen molar-refractivity contribution in [2.24, 2.45) is 15.7 Å². The van der Waals surface area contributed by atoms with Gasteiger partial charge in [0.05, 0.1) is 30.7 Å². The molecule has 0 fully saturated rings. The molecule has 1 aromatic carbocycles. The van der Waals surface area contributed by atoms with E-state index < -0.39 is 5.97 Å². The molecule has 2 rings (SSSR count). The molecule has 0 spiro atoms. The van der Waals surface area contributed by atoms with Crippen molar-refractivity contribution in [2.75, 3.05) is 26.1 Å². The van der Waals surface area contributed by atoms with Crippen molar-refractivity contribution in [3.8, 4) is 5.75 Å². The molecule has 0 unspecified atom stereocenters. The molecule has 27 heavy (non-hydrogen) atoms. The smallest absolute Gasteiger partial charge is 0.341 e. The van der Waals surface area contributed by atoms with E-state index in [1.165, 1.54) is 25.7 Å². The van der Waals surface area contributed by atoms with Crippen molar-refractivity contribution in [1.29, 1.82) is 0 Å². The van der Waals surface area contributed by atoms with Gasteiger partial charge >= 0.3 is 5.97 Å². The van der Waals surface area contributed by atoms with Crippen LogP contribution in [0, 0.1) is 0 Å². The minimum atomic E-state index is -0.514. The molecule has 0 aliphatic carbocycles. The van der Waals surface area contributed by atoms with Gasteiger partial charge in [0, 0.05) is 13.2 Å². The van der Waals surface area contributed by atoms with Gasteiger partial charge in [0.25, 0.3) is 0 Å². The number of nitrogens with two attached hydrogens (primary N) is 1. The largest absolute Gasteiger partial charge is 0.494 e. The average molecular weight is 390 g/mol. The van der Waals surface area contributed by atoms with Crippen molar-refractivity contribution in [2.45, 2.75) is 6.92 Å². The minimum absolute atomic E-state index is 0.223. The van der Waals surface area contributed by atoms with Gasteiger partial charge < -0.3 is 20.5 Å². The maximum Gasteiger partial charge on any atom is 0.341 e. The quantitative estimate of drug-likeness (QED) is 0.326. The van der Waals surface area contributed by atoms with Crippen LogP contribution in [0.4, 0.5) is 11.4 Å². The molecule has 1 aromatic heterocycles. The van der Waals surface area contributed by atoms with E-state index in [0.29, 0.717) is 22.7 Å². The zero-order valence-electron chi connectivity index (χ0n) is 15.2. The minimum Gasteiger partial charge on any atom is -0.494 e. The lowest BCUT2D eigenvalue weighted by Crippen LogP contribution is -2.15. The molecule has 3 N–H and O–H groups in total. The number of halogens is 1. The SMILES string of the molecule is CCOC(=O)c1cnc(Cl)cc1Nc1cccc(C(N)=NC=NC)c1OC. The number of pyridine rings is 1. The van der Waals surface area contributed by atoms with Crippen molar-refractivity contribution >= 4 is 41.1 Å². The predicted molar refractivity (Wildman–Crippen MR) is 107 cm³/mol. The highest BCUT2D eigenvalue weighted by molar-refractivity contribution is 6.29. The third-order valence-electron chi connectivity index (χ3n) is 3.44. The summed E-state index contributed by atoms with van der Waals surface area (Å²) in [7, 11) is 3.10. The molecule has 2 aromatic rings. The first kappa shape index (κ1) is 20.2. The number of aromatic nitrogens is 1. The van der Waals surface area contributed by atoms with Crippen LogP contribution >= 0.6 is 11.6 Å². The van der Waals surface area contributed by atoms with Crippen LogP contribution in [0.3, 0.4) is 0 Å². The van der Waals surface area contributed by atoms with Crippen LogP contribution in [0.2, 0.25) is 5.15 Å². The van der Waals surface area contributed by atoms with Gasteiger partial charge in [-0.3, -0.25) is 4.99 Å². The molecule has 0 amide bonds. The van der Waals surface area contributed by atoms with Crippen molar-refractivity contribution in [3.63, 3.8) is 0 Å². The van der Waals surface area contributed by atoms with Crippen LogP contribution in [0.15, 0.2) is 40.4 Å². The summed E-state index contributed by atoms with van der Waals surface area (Å²) >= 11 is 5.99. The highest BCUT2D eigenvalue weighted by atomic mass is 35.5. The number of hydrogen-bond donors (Lipinski definition) is 2. The number of carbonyl (C=O) groups excluding carboxylic acids is 1. The second kappa shape index (κ2) is 9.54. The summed E-state index contributed by atoms with van der Waals surface area (Å²) in [5, 5.41) is 3.35. The molecule has 0 bridgehead atoms. The van der Waals surface area contributed by atoms with E-state index in [1.54, 1.807) is 32.2 Å². The number of ether oxygens (including phenoxy) is 2. The number of nitrogens with zero attached hydrogens (tertiary/aromatic N) is 3. The van der Waals surface area contributed by atoms with Crippen LogP contribution in [0.25, 0.3) is 0 Å². The summed E-state index contributed by atoms with van der Waals surface area (Å²) in [6.07, 6.45) is 2.70. The lowest BCUT2D eigenvalue weighted by molar-refractivity contribution is 0.0527. The fraction of sp³-hybridized carbons (Fsp3) is 0.222. The van der Waals surface area contributed by atoms with Gasteiger partial charge in [0.1, 0.15) is 22.9 Å². The van der Waals surface area contributed by atoms with Crippen LogP contribution in [0.1, 0.15) is 22.8 Å². The zero-order valence-corrected chi connectivity index (χ0v) is 15.9. The Labute approximate surface area is 162 Å². The summed E-state index contributed by atoms with van der Waals surface area (Å²) in [6.45, 7) is 1.97. The number of esters is 1. The predicted octanol–water partition coefficient (Wildman–Crippen LogP) is 3.03. The lowest BCUT2D eigenvalue weighted by Gasteiger charge is -2.16. The number of methoxy groups -OCH3 is 1. The van der Waals surface area contributed by atoms with E-state index in [2.05, 4.69) is 20.3 Å². The standard InChI is InChI=1S/C18H20ClN5O3/c1-4-27-18(25)12-9-22-15(19)8-14(12)24-13-7-5-6-11(16(13)26-3)17(20)23-10-21-2/h5-10H,4H2,1-3H3,(H,22,24)(H2,20,21,23). The number of carbonyl (C=O) groups is 1. The second-order valence-corrected chi connectivity index (χ2v) is 5.56. The van der Waals surface area contributed by atoms with Crippen molar-refractivity contribution in [3.05, 3.63) is 46.7 Å². The highest BCUT2D eigenvalue weighted by Crippen LogP contribution is 2.33. The monoisotopic (exact) mass is 389 g/mol. The number of amidine groups is 1. The molecule has 0 aliphatic rings. The van der Waals surface area contributed by atoms with Gasteiger partial charge in [-0.15, -0.1) is 0 Å². The third kappa shape index (κ3) is 4.95. The number of para-hydroxylation sites is 1. The number of nitrogens with one attached hydrogen (secondary N) is 1. The molecular formula is C18H20ClN5O3. The van der Waals surface area contributed by atoms with Crippen LogP contribution in [-0.2, 0) is 4.74 Å². The van der Waals surface area contributed by atoms with Gasteiger partial charge in [-0.05, 0) is 25.1 Å². The van der Waals surface area contributed by atoms with Crippen LogP contribution in [-0.4, -0.2) is 43.9 Å². The first-order valence-electron chi connectivity index (χ1n) is 8.02. The Morgan fingerprint density at radius 1 is 1.37 bits per heavy atom. The number of rotatable bonds is 7. The maximum atomic E-state index is 12.2. The zero-order chi connectivity index (χ0) is 19.8. The molecule has 0 atom stereocenters. The Bertz CT molecular complexity index is 883. The fourth-order valence-electron chi connectivity index (χ4n) is 2.30. The van der Waals surface area contributed by atoms with E-state index in [1.807, 2.05) is 0 Å². The molecule has 8 nitrogen and oxygen atoms in total. The Balaban J connectivity index is 2.49.